The van der Waals surface area contributed by atoms with Gasteiger partial charge in [-0.3, -0.25) is 9.72 Å². The van der Waals surface area contributed by atoms with Crippen molar-refractivity contribution in [3.63, 3.8) is 0 Å². The Morgan fingerprint density at radius 1 is 1.08 bits per heavy atom. The highest BCUT2D eigenvalue weighted by molar-refractivity contribution is 5.89. The molecule has 2 amide bonds. The summed E-state index contributed by atoms with van der Waals surface area (Å²) in [6.07, 6.45) is 12.7. The molecule has 11 heteroatoms. The second-order valence-electron chi connectivity index (χ2n) is 13.9. The fourth-order valence-electron chi connectivity index (χ4n) is 6.06. The summed E-state index contributed by atoms with van der Waals surface area (Å²) in [4.78, 5) is 15.7. The summed E-state index contributed by atoms with van der Waals surface area (Å²) < 4.78 is 10.3. The van der Waals surface area contributed by atoms with Crippen LogP contribution in [0, 0.1) is 12.8 Å². The number of pyridine rings is 1. The molecule has 0 spiro atoms. The first-order valence-electron chi connectivity index (χ1n) is 16.7. The standard InChI is InChI=1S/C37H46N8O3/c1-25-11-13-28(14-12-25)45-34(21-32(42-45)37(3,4)5)39-35(47)38-31-17-15-29(10-8-6-7-9-26(31)2)48-30-16-18-33-40-41-36(44(33)23-30)43-20-19-27(22-43)24-46/h6-9,11-14,16,18,21,23,27,29,31,46H,2,10,15,17,19-20,22,24H2,1,3-5H3,(H2,38,39,47)/b8-6-,9-7-/t27-,29+,31+/m1/s1. The first-order chi connectivity index (χ1) is 23.1. The second kappa shape index (κ2) is 14.1. The zero-order valence-electron chi connectivity index (χ0n) is 28.3. The average molecular weight is 651 g/mol. The Kier molecular flexibility index (Phi) is 9.68. The van der Waals surface area contributed by atoms with Crippen LogP contribution in [0.4, 0.5) is 16.6 Å². The Hall–Kier alpha value is -4.90. The molecule has 1 aliphatic carbocycles. The monoisotopic (exact) mass is 650 g/mol. The second-order valence-corrected chi connectivity index (χ2v) is 13.9. The molecule has 3 N–H and O–H groups in total. The minimum Gasteiger partial charge on any atom is -0.489 e. The van der Waals surface area contributed by atoms with E-state index >= 15 is 0 Å². The van der Waals surface area contributed by atoms with Gasteiger partial charge >= 0.3 is 6.03 Å². The Morgan fingerprint density at radius 3 is 2.65 bits per heavy atom. The van der Waals surface area contributed by atoms with Crippen LogP contribution in [0.2, 0.25) is 0 Å². The number of amides is 2. The number of ether oxygens (including phenoxy) is 1. The van der Waals surface area contributed by atoms with Gasteiger partial charge in [-0.25, -0.2) is 9.48 Å². The zero-order chi connectivity index (χ0) is 33.8. The van der Waals surface area contributed by atoms with Crippen LogP contribution in [0.1, 0.15) is 57.7 Å². The number of carbonyl (C=O) groups excluding carboxylic acids is 1. The molecular formula is C37H46N8O3. The highest BCUT2D eigenvalue weighted by Crippen LogP contribution is 2.28. The fourth-order valence-corrected chi connectivity index (χ4v) is 6.06. The molecule has 252 valence electrons. The summed E-state index contributed by atoms with van der Waals surface area (Å²) in [6, 6.07) is 13.2. The SMILES string of the molecule is C=C1/C=C\C=C/C[C@H](Oc2ccc3nnc(N4CC[C@@H](CO)C4)n3c2)CC[C@@H]1NC(=O)Nc1cc(C(C)(C)C)nn1-c1ccc(C)cc1. The topological polar surface area (TPSA) is 122 Å². The van der Waals surface area contributed by atoms with E-state index in [9.17, 15) is 9.90 Å². The van der Waals surface area contributed by atoms with Gasteiger partial charge in [-0.1, -0.05) is 69.4 Å². The molecule has 1 saturated heterocycles. The van der Waals surface area contributed by atoms with E-state index in [1.54, 1.807) is 4.68 Å². The van der Waals surface area contributed by atoms with Crippen molar-refractivity contribution in [3.05, 3.63) is 96.4 Å². The first-order valence-corrected chi connectivity index (χ1v) is 16.7. The van der Waals surface area contributed by atoms with Crippen LogP contribution in [-0.4, -0.2) is 67.4 Å². The summed E-state index contributed by atoms with van der Waals surface area (Å²) in [5.74, 6) is 2.31. The largest absolute Gasteiger partial charge is 0.489 e. The van der Waals surface area contributed by atoms with Crippen LogP contribution < -0.4 is 20.3 Å². The maximum Gasteiger partial charge on any atom is 0.320 e. The van der Waals surface area contributed by atoms with Gasteiger partial charge in [0.2, 0.25) is 5.95 Å². The van der Waals surface area contributed by atoms with Gasteiger partial charge in [0, 0.05) is 43.5 Å². The predicted octanol–water partition coefficient (Wildman–Crippen LogP) is 6.13. The van der Waals surface area contributed by atoms with Crippen molar-refractivity contribution in [1.29, 1.82) is 0 Å². The van der Waals surface area contributed by atoms with Crippen LogP contribution in [0.5, 0.6) is 5.75 Å². The Morgan fingerprint density at radius 2 is 1.90 bits per heavy atom. The van der Waals surface area contributed by atoms with Crippen LogP contribution in [0.25, 0.3) is 11.3 Å². The molecule has 11 nitrogen and oxygen atoms in total. The smallest absolute Gasteiger partial charge is 0.320 e. The van der Waals surface area contributed by atoms with Crippen LogP contribution in [-0.2, 0) is 5.41 Å². The van der Waals surface area contributed by atoms with E-state index in [1.165, 1.54) is 0 Å². The van der Waals surface area contributed by atoms with Gasteiger partial charge in [0.15, 0.2) is 5.65 Å². The van der Waals surface area contributed by atoms with Gasteiger partial charge in [0.05, 0.1) is 23.6 Å². The van der Waals surface area contributed by atoms with E-state index in [0.717, 1.165) is 53.6 Å². The van der Waals surface area contributed by atoms with Gasteiger partial charge in [0.1, 0.15) is 17.7 Å². The number of nitrogens with zero attached hydrogens (tertiary/aromatic N) is 6. The number of benzene rings is 1. The third-order valence-electron chi connectivity index (χ3n) is 8.97. The van der Waals surface area contributed by atoms with Gasteiger partial charge in [-0.05, 0) is 56.0 Å². The van der Waals surface area contributed by atoms with Gasteiger partial charge in [0.25, 0.3) is 0 Å². The Balaban J connectivity index is 1.15. The molecule has 48 heavy (non-hydrogen) atoms. The Bertz CT molecular complexity index is 1810. The molecule has 3 atom stereocenters. The van der Waals surface area contributed by atoms with E-state index in [2.05, 4.69) is 59.2 Å². The lowest BCUT2D eigenvalue weighted by Crippen LogP contribution is -2.40. The lowest BCUT2D eigenvalue weighted by Gasteiger charge is -2.24. The van der Waals surface area contributed by atoms with Crippen LogP contribution in [0.15, 0.2) is 85.1 Å². The summed E-state index contributed by atoms with van der Waals surface area (Å²) in [6.45, 7) is 14.4. The number of nitrogens with one attached hydrogen (secondary N) is 2. The first kappa shape index (κ1) is 33.0. The summed E-state index contributed by atoms with van der Waals surface area (Å²) in [7, 11) is 0. The Labute approximate surface area is 282 Å². The number of fused-ring (bicyclic) bond motifs is 1. The third-order valence-corrected chi connectivity index (χ3v) is 8.97. The summed E-state index contributed by atoms with van der Waals surface area (Å²) in [5, 5.41) is 29.4. The molecule has 1 aromatic carbocycles. The molecule has 0 unspecified atom stereocenters. The molecule has 0 radical (unpaired) electrons. The molecular weight excluding hydrogens is 604 g/mol. The molecule has 6 rings (SSSR count). The molecule has 2 aliphatic rings. The number of aryl methyl sites for hydroxylation is 1. The lowest BCUT2D eigenvalue weighted by atomic mass is 9.92. The number of hydrogen-bond donors (Lipinski definition) is 3. The number of hydrogen-bond acceptors (Lipinski definition) is 7. The van der Waals surface area contributed by atoms with E-state index in [0.29, 0.717) is 30.8 Å². The highest BCUT2D eigenvalue weighted by Gasteiger charge is 2.26. The van der Waals surface area contributed by atoms with E-state index < -0.39 is 0 Å². The van der Waals surface area contributed by atoms with Crippen molar-refractivity contribution in [1.82, 2.24) is 29.7 Å². The van der Waals surface area contributed by atoms with Crippen LogP contribution >= 0.6 is 0 Å². The predicted molar refractivity (Wildman–Crippen MR) is 189 cm³/mol. The molecule has 0 saturated carbocycles. The number of aromatic nitrogens is 5. The minimum atomic E-state index is -0.329. The van der Waals surface area contributed by atoms with Crippen LogP contribution in [0.3, 0.4) is 0 Å². The number of rotatable bonds is 7. The summed E-state index contributed by atoms with van der Waals surface area (Å²) >= 11 is 0. The number of urea groups is 1. The van der Waals surface area contributed by atoms with Crippen molar-refractivity contribution in [2.75, 3.05) is 29.9 Å². The lowest BCUT2D eigenvalue weighted by molar-refractivity contribution is 0.186. The molecule has 0 bridgehead atoms. The number of carbonyl (C=O) groups is 1. The number of allylic oxidation sites excluding steroid dienone is 2. The maximum absolute atomic E-state index is 13.5. The van der Waals surface area contributed by atoms with Crippen molar-refractivity contribution in [3.8, 4) is 11.4 Å². The quantitative estimate of drug-likeness (QED) is 0.220. The molecule has 4 aromatic rings. The van der Waals surface area contributed by atoms with E-state index in [1.807, 2.05) is 78.2 Å². The number of aliphatic hydroxyl groups excluding tert-OH is 1. The molecule has 1 fully saturated rings. The third kappa shape index (κ3) is 7.62. The number of anilines is 2. The molecule has 4 heterocycles. The van der Waals surface area contributed by atoms with Crippen molar-refractivity contribution < 1.29 is 14.6 Å². The minimum absolute atomic E-state index is 0.131. The summed E-state index contributed by atoms with van der Waals surface area (Å²) in [5.41, 5.74) is 4.25. The highest BCUT2D eigenvalue weighted by atomic mass is 16.5. The fraction of sp³-hybridized carbons (Fsp3) is 0.405. The van der Waals surface area contributed by atoms with Crippen molar-refractivity contribution >= 4 is 23.4 Å². The average Bonchev–Trinajstić information content (AvgIpc) is 3.81. The normalized spacial score (nSPS) is 21.6. The van der Waals surface area contributed by atoms with Gasteiger partial charge in [-0.15, -0.1) is 10.2 Å². The van der Waals surface area contributed by atoms with Crippen molar-refractivity contribution in [2.45, 2.75) is 70.9 Å². The van der Waals surface area contributed by atoms with E-state index in [-0.39, 0.29) is 36.1 Å². The molecule has 3 aromatic heterocycles. The maximum atomic E-state index is 13.5. The number of aliphatic hydroxyl groups is 1. The van der Waals surface area contributed by atoms with Gasteiger partial charge in [-0.2, -0.15) is 5.10 Å². The zero-order valence-corrected chi connectivity index (χ0v) is 28.3. The van der Waals surface area contributed by atoms with Gasteiger partial charge < -0.3 is 20.1 Å². The molecule has 1 aliphatic heterocycles. The van der Waals surface area contributed by atoms with Crippen molar-refractivity contribution in [2.24, 2.45) is 5.92 Å². The van der Waals surface area contributed by atoms with E-state index in [4.69, 9.17) is 9.84 Å².